The molecule has 120 valence electrons. The number of aliphatic hydroxyl groups excluding tert-OH is 6. The van der Waals surface area contributed by atoms with E-state index in [1.807, 2.05) is 0 Å². The molecule has 0 aromatic rings. The first-order valence-electron chi connectivity index (χ1n) is 5.94. The molecule has 0 aromatic carbocycles. The molecule has 1 saturated heterocycles. The van der Waals surface area contributed by atoms with Gasteiger partial charge in [-0.25, -0.2) is 0 Å². The minimum absolute atomic E-state index is 0.395. The molecular formula is C10H20O9S. The largest absolute Gasteiger partial charge is 0.394 e. The van der Waals surface area contributed by atoms with E-state index >= 15 is 0 Å². The summed E-state index contributed by atoms with van der Waals surface area (Å²) in [5.41, 5.74) is -2.09. The topological polar surface area (TPSA) is 149 Å². The van der Waals surface area contributed by atoms with Crippen LogP contribution in [0.1, 0.15) is 0 Å². The Balaban J connectivity index is 2.69. The van der Waals surface area contributed by atoms with E-state index in [4.69, 9.17) is 34.6 Å². The van der Waals surface area contributed by atoms with Crippen molar-refractivity contribution < 1.29 is 44.8 Å². The Kier molecular flexibility index (Phi) is 7.61. The van der Waals surface area contributed by atoms with Gasteiger partial charge in [-0.15, -0.1) is 0 Å². The quantitative estimate of drug-likeness (QED) is 0.240. The zero-order valence-electron chi connectivity index (χ0n) is 10.7. The number of aliphatic hydroxyl groups is 6. The van der Waals surface area contributed by atoms with Crippen LogP contribution in [0, 0.1) is 0 Å². The van der Waals surface area contributed by atoms with Gasteiger partial charge < -0.3 is 44.8 Å². The fraction of sp³-hybridized carbons (Fsp3) is 1.00. The Labute approximate surface area is 119 Å². The van der Waals surface area contributed by atoms with Crippen molar-refractivity contribution in [3.8, 4) is 0 Å². The summed E-state index contributed by atoms with van der Waals surface area (Å²) in [7, 11) is 0. The molecule has 0 amide bonds. The minimum atomic E-state index is -1.86. The van der Waals surface area contributed by atoms with Crippen LogP contribution in [0.25, 0.3) is 0 Å². The van der Waals surface area contributed by atoms with E-state index in [1.54, 1.807) is 0 Å². The molecule has 9 nitrogen and oxygen atoms in total. The number of thioether (sulfide) groups is 1. The molecule has 1 heterocycles. The lowest BCUT2D eigenvalue weighted by atomic mass is 10.3. The van der Waals surface area contributed by atoms with E-state index in [1.165, 1.54) is 0 Å². The average molecular weight is 316 g/mol. The van der Waals surface area contributed by atoms with Crippen molar-refractivity contribution >= 4 is 11.8 Å². The maximum absolute atomic E-state index is 9.84. The summed E-state index contributed by atoms with van der Waals surface area (Å²) in [5, 5.41) is 55.1. The summed E-state index contributed by atoms with van der Waals surface area (Å²) >= 11 is 0.842. The highest BCUT2D eigenvalue weighted by atomic mass is 32.2. The first kappa shape index (κ1) is 18.0. The van der Waals surface area contributed by atoms with E-state index in [0.717, 1.165) is 11.8 Å². The molecule has 0 saturated carbocycles. The Hall–Kier alpha value is -0.0100. The molecule has 1 aliphatic rings. The third-order valence-corrected chi connectivity index (χ3v) is 3.75. The number of ether oxygens (including phenoxy) is 3. The number of hydrogen-bond acceptors (Lipinski definition) is 10. The number of rotatable bonds is 9. The fourth-order valence-corrected chi connectivity index (χ4v) is 2.55. The highest BCUT2D eigenvalue weighted by molar-refractivity contribution is 8.00. The van der Waals surface area contributed by atoms with Gasteiger partial charge in [-0.1, -0.05) is 11.8 Å². The molecule has 1 aliphatic heterocycles. The van der Waals surface area contributed by atoms with Crippen LogP contribution in [0.2, 0.25) is 0 Å². The maximum Gasteiger partial charge on any atom is 0.231 e. The third kappa shape index (κ3) is 4.24. The molecule has 4 atom stereocenters. The van der Waals surface area contributed by atoms with Gasteiger partial charge in [0.15, 0.2) is 11.7 Å². The van der Waals surface area contributed by atoms with Crippen molar-refractivity contribution in [1.82, 2.24) is 0 Å². The van der Waals surface area contributed by atoms with Crippen LogP contribution in [-0.4, -0.2) is 92.7 Å². The maximum atomic E-state index is 9.84. The van der Waals surface area contributed by atoms with Crippen LogP contribution in [0.4, 0.5) is 0 Å². The molecule has 0 aliphatic carbocycles. The summed E-state index contributed by atoms with van der Waals surface area (Å²) in [6.07, 6.45) is -2.32. The summed E-state index contributed by atoms with van der Waals surface area (Å²) in [5.74, 6) is -1.86. The Morgan fingerprint density at radius 1 is 1.10 bits per heavy atom. The van der Waals surface area contributed by atoms with Gasteiger partial charge in [-0.2, -0.15) is 0 Å². The molecule has 6 N–H and O–H groups in total. The van der Waals surface area contributed by atoms with Crippen molar-refractivity contribution in [3.05, 3.63) is 0 Å². The van der Waals surface area contributed by atoms with E-state index in [9.17, 15) is 10.2 Å². The Morgan fingerprint density at radius 3 is 2.15 bits per heavy atom. The monoisotopic (exact) mass is 316 g/mol. The van der Waals surface area contributed by atoms with Gasteiger partial charge in [0.2, 0.25) is 5.79 Å². The van der Waals surface area contributed by atoms with Gasteiger partial charge >= 0.3 is 0 Å². The van der Waals surface area contributed by atoms with Crippen LogP contribution in [0.15, 0.2) is 0 Å². The van der Waals surface area contributed by atoms with Crippen molar-refractivity contribution in [3.63, 3.8) is 0 Å². The van der Waals surface area contributed by atoms with E-state index in [0.29, 0.717) is 0 Å². The standard InChI is InChI=1S/C10H20O9S/c11-1-6(2-12)17-7(3-13)18-10(5-15)9(16)20-8(4-14)19-10/h6-9,11-16H,1-5H2/t7?,8-,9?,10+/m0/s1. The van der Waals surface area contributed by atoms with Crippen LogP contribution in [0.3, 0.4) is 0 Å². The van der Waals surface area contributed by atoms with E-state index < -0.39 is 62.1 Å². The molecule has 2 unspecified atom stereocenters. The van der Waals surface area contributed by atoms with Crippen molar-refractivity contribution in [1.29, 1.82) is 0 Å². The van der Waals surface area contributed by atoms with Gasteiger partial charge in [0.05, 0.1) is 26.4 Å². The number of hydrogen-bond donors (Lipinski definition) is 6. The highest BCUT2D eigenvalue weighted by Gasteiger charge is 2.51. The smallest absolute Gasteiger partial charge is 0.231 e. The summed E-state index contributed by atoms with van der Waals surface area (Å²) in [6.45, 7) is -2.78. The molecule has 1 fully saturated rings. The molecule has 0 radical (unpaired) electrons. The average Bonchev–Trinajstić information content (AvgIpc) is 2.80. The molecule has 0 spiro atoms. The van der Waals surface area contributed by atoms with Crippen LogP contribution >= 0.6 is 11.8 Å². The van der Waals surface area contributed by atoms with Crippen LogP contribution in [-0.2, 0) is 14.2 Å². The van der Waals surface area contributed by atoms with Gasteiger partial charge in [0.25, 0.3) is 0 Å². The molecule has 1 rings (SSSR count). The van der Waals surface area contributed by atoms with Gasteiger partial charge in [0, 0.05) is 0 Å². The summed E-state index contributed by atoms with van der Waals surface area (Å²) in [6, 6.07) is 0. The summed E-state index contributed by atoms with van der Waals surface area (Å²) in [4.78, 5) is 0. The predicted octanol–water partition coefficient (Wildman–Crippen LogP) is -3.22. The summed E-state index contributed by atoms with van der Waals surface area (Å²) < 4.78 is 15.5. The first-order valence-corrected chi connectivity index (χ1v) is 6.88. The Morgan fingerprint density at radius 2 is 1.75 bits per heavy atom. The van der Waals surface area contributed by atoms with Gasteiger partial charge in [-0.05, 0) is 0 Å². The lowest BCUT2D eigenvalue weighted by Crippen LogP contribution is -2.50. The van der Waals surface area contributed by atoms with Gasteiger partial charge in [-0.3, -0.25) is 0 Å². The van der Waals surface area contributed by atoms with Crippen molar-refractivity contribution in [2.24, 2.45) is 0 Å². The first-order chi connectivity index (χ1) is 9.54. The van der Waals surface area contributed by atoms with Gasteiger partial charge in [0.1, 0.15) is 18.1 Å². The third-order valence-electron chi connectivity index (χ3n) is 2.59. The normalized spacial score (nSPS) is 31.9. The predicted molar refractivity (Wildman–Crippen MR) is 66.4 cm³/mol. The Bertz CT molecular complexity index is 277. The van der Waals surface area contributed by atoms with E-state index in [2.05, 4.69) is 0 Å². The molecule has 0 bridgehead atoms. The molecule has 10 heteroatoms. The SMILES string of the molecule is OCC(CO)OC(CO)O[C@]1(CO)O[C@H](CO)SC1O. The lowest BCUT2D eigenvalue weighted by molar-refractivity contribution is -0.346. The fourth-order valence-electron chi connectivity index (χ4n) is 1.56. The lowest BCUT2D eigenvalue weighted by Gasteiger charge is -2.33. The van der Waals surface area contributed by atoms with Crippen molar-refractivity contribution in [2.45, 2.75) is 29.1 Å². The minimum Gasteiger partial charge on any atom is -0.394 e. The van der Waals surface area contributed by atoms with Crippen molar-refractivity contribution in [2.75, 3.05) is 33.0 Å². The van der Waals surface area contributed by atoms with Crippen LogP contribution in [0.5, 0.6) is 0 Å². The zero-order chi connectivity index (χ0) is 15.2. The second-order valence-electron chi connectivity index (χ2n) is 4.04. The second-order valence-corrected chi connectivity index (χ2v) is 5.29. The zero-order valence-corrected chi connectivity index (χ0v) is 11.5. The van der Waals surface area contributed by atoms with Crippen LogP contribution < -0.4 is 0 Å². The molecule has 0 aromatic heterocycles. The molecular weight excluding hydrogens is 296 g/mol. The second kappa shape index (κ2) is 8.44. The highest BCUT2D eigenvalue weighted by Crippen LogP contribution is 2.40. The van der Waals surface area contributed by atoms with E-state index in [-0.39, 0.29) is 0 Å². The molecule has 20 heavy (non-hydrogen) atoms.